The molecule has 0 radical (unpaired) electrons. The fourth-order valence-corrected chi connectivity index (χ4v) is 2.52. The Kier molecular flexibility index (Phi) is 7.04. The Labute approximate surface area is 142 Å². The summed E-state index contributed by atoms with van der Waals surface area (Å²) in [6.07, 6.45) is 2.36. The second-order valence-corrected chi connectivity index (χ2v) is 6.49. The maximum absolute atomic E-state index is 12.3. The number of methoxy groups -OCH3 is 1. The lowest BCUT2D eigenvalue weighted by Crippen LogP contribution is -2.45. The number of rotatable bonds is 8. The van der Waals surface area contributed by atoms with Crippen LogP contribution in [0.2, 0.25) is 0 Å². The molecule has 1 aliphatic rings. The van der Waals surface area contributed by atoms with Crippen molar-refractivity contribution in [1.29, 1.82) is 0 Å². The molecule has 2 rings (SSSR count). The van der Waals surface area contributed by atoms with Crippen molar-refractivity contribution in [3.05, 3.63) is 23.8 Å². The number of alkyl halides is 2. The fraction of sp³-hybridized carbons (Fsp3) is 0.625. The minimum atomic E-state index is -2.86. The third-order valence-electron chi connectivity index (χ3n) is 3.50. The van der Waals surface area contributed by atoms with E-state index in [1.165, 1.54) is 26.0 Å². The molecule has 1 aliphatic carbocycles. The molecule has 1 aromatic rings. The number of hydrogen-bond donors (Lipinski definition) is 1. The topological polar surface area (TPSA) is 47.7 Å². The van der Waals surface area contributed by atoms with E-state index in [0.29, 0.717) is 11.8 Å². The molecule has 0 atom stereocenters. The smallest absolute Gasteiger partial charge is 0.387 e. The van der Waals surface area contributed by atoms with Crippen molar-refractivity contribution in [2.45, 2.75) is 51.4 Å². The highest BCUT2D eigenvalue weighted by Gasteiger charge is 2.31. The average Bonchev–Trinajstić information content (AvgIpc) is 3.21. The molecule has 1 fully saturated rings. The molecule has 0 unspecified atom stereocenters. The third-order valence-corrected chi connectivity index (χ3v) is 3.50. The van der Waals surface area contributed by atoms with Crippen molar-refractivity contribution in [2.75, 3.05) is 13.7 Å². The molecule has 0 aromatic heterocycles. The standard InChI is InChI=1S/C16H24F2N2O2.ClH/c1-16(2,19)10-20(12-5-6-12)9-11-4-7-13(22-15(17)18)14(8-11)21-3;/h4,7-8,12,15H,5-6,9-10,19H2,1-3H3;1H. The monoisotopic (exact) mass is 350 g/mol. The summed E-state index contributed by atoms with van der Waals surface area (Å²) in [5.41, 5.74) is 6.84. The van der Waals surface area contributed by atoms with Crippen molar-refractivity contribution in [3.8, 4) is 11.5 Å². The summed E-state index contributed by atoms with van der Waals surface area (Å²) in [6, 6.07) is 5.63. The summed E-state index contributed by atoms with van der Waals surface area (Å²) in [7, 11) is 1.44. The molecular formula is C16H25ClF2N2O2. The van der Waals surface area contributed by atoms with E-state index in [0.717, 1.165) is 18.7 Å². The number of nitrogens with zero attached hydrogens (tertiary/aromatic N) is 1. The number of halogens is 3. The van der Waals surface area contributed by atoms with E-state index in [2.05, 4.69) is 9.64 Å². The van der Waals surface area contributed by atoms with Gasteiger partial charge in [0.25, 0.3) is 0 Å². The average molecular weight is 351 g/mol. The van der Waals surface area contributed by atoms with Crippen LogP contribution in [0.15, 0.2) is 18.2 Å². The molecule has 0 spiro atoms. The van der Waals surface area contributed by atoms with Gasteiger partial charge in [-0.15, -0.1) is 12.4 Å². The highest BCUT2D eigenvalue weighted by atomic mass is 35.5. The highest BCUT2D eigenvalue weighted by Crippen LogP contribution is 2.33. The van der Waals surface area contributed by atoms with Crippen molar-refractivity contribution in [3.63, 3.8) is 0 Å². The predicted molar refractivity (Wildman–Crippen MR) is 88.6 cm³/mol. The molecule has 0 aliphatic heterocycles. The SMILES string of the molecule is COc1cc(CN(CC(C)(C)N)C2CC2)ccc1OC(F)F.Cl. The van der Waals surface area contributed by atoms with E-state index in [4.69, 9.17) is 10.5 Å². The summed E-state index contributed by atoms with van der Waals surface area (Å²) in [5.74, 6) is 0.374. The molecule has 0 amide bonds. The Morgan fingerprint density at radius 3 is 2.43 bits per heavy atom. The van der Waals surface area contributed by atoms with Gasteiger partial charge >= 0.3 is 6.61 Å². The van der Waals surface area contributed by atoms with E-state index < -0.39 is 6.61 Å². The molecule has 0 saturated heterocycles. The zero-order valence-electron chi connectivity index (χ0n) is 13.7. The van der Waals surface area contributed by atoms with Crippen LogP contribution in [-0.4, -0.2) is 36.7 Å². The first kappa shape index (κ1) is 19.9. The lowest BCUT2D eigenvalue weighted by Gasteiger charge is -2.30. The van der Waals surface area contributed by atoms with Crippen LogP contribution >= 0.6 is 12.4 Å². The van der Waals surface area contributed by atoms with Crippen LogP contribution in [0.5, 0.6) is 11.5 Å². The maximum Gasteiger partial charge on any atom is 0.387 e. The van der Waals surface area contributed by atoms with Gasteiger partial charge in [0.2, 0.25) is 0 Å². The fourth-order valence-electron chi connectivity index (χ4n) is 2.52. The third kappa shape index (κ3) is 6.49. The largest absolute Gasteiger partial charge is 0.493 e. The van der Waals surface area contributed by atoms with Crippen LogP contribution < -0.4 is 15.2 Å². The summed E-state index contributed by atoms with van der Waals surface area (Å²) in [4.78, 5) is 2.34. The van der Waals surface area contributed by atoms with Crippen LogP contribution in [0, 0.1) is 0 Å². The van der Waals surface area contributed by atoms with Crippen molar-refractivity contribution in [1.82, 2.24) is 4.90 Å². The lowest BCUT2D eigenvalue weighted by molar-refractivity contribution is -0.0512. The molecule has 1 aromatic carbocycles. The van der Waals surface area contributed by atoms with Gasteiger partial charge in [0.1, 0.15) is 0 Å². The summed E-state index contributed by atoms with van der Waals surface area (Å²) in [5, 5.41) is 0. The number of ether oxygens (including phenoxy) is 2. The van der Waals surface area contributed by atoms with Gasteiger partial charge < -0.3 is 15.2 Å². The first-order valence-electron chi connectivity index (χ1n) is 7.43. The molecule has 7 heteroatoms. The molecule has 4 nitrogen and oxygen atoms in total. The van der Waals surface area contributed by atoms with E-state index in [1.54, 1.807) is 12.1 Å². The van der Waals surface area contributed by atoms with Gasteiger partial charge in [-0.25, -0.2) is 0 Å². The van der Waals surface area contributed by atoms with Crippen molar-refractivity contribution >= 4 is 12.4 Å². The second-order valence-electron chi connectivity index (χ2n) is 6.49. The molecule has 0 bridgehead atoms. The van der Waals surface area contributed by atoms with Crippen LogP contribution in [0.4, 0.5) is 8.78 Å². The van der Waals surface area contributed by atoms with Gasteiger partial charge in [0.15, 0.2) is 11.5 Å². The summed E-state index contributed by atoms with van der Waals surface area (Å²) >= 11 is 0. The normalized spacial score (nSPS) is 14.8. The summed E-state index contributed by atoms with van der Waals surface area (Å²) < 4.78 is 34.3. The van der Waals surface area contributed by atoms with Crippen molar-refractivity contribution < 1.29 is 18.3 Å². The van der Waals surface area contributed by atoms with Gasteiger partial charge in [0.05, 0.1) is 7.11 Å². The molecule has 0 heterocycles. The zero-order valence-corrected chi connectivity index (χ0v) is 14.5. The quantitative estimate of drug-likeness (QED) is 0.780. The highest BCUT2D eigenvalue weighted by molar-refractivity contribution is 5.85. The van der Waals surface area contributed by atoms with Crippen LogP contribution in [0.25, 0.3) is 0 Å². The van der Waals surface area contributed by atoms with Crippen molar-refractivity contribution in [2.24, 2.45) is 5.73 Å². The Balaban J connectivity index is 0.00000264. The van der Waals surface area contributed by atoms with Crippen LogP contribution in [-0.2, 0) is 6.54 Å². The maximum atomic E-state index is 12.3. The molecule has 132 valence electrons. The minimum Gasteiger partial charge on any atom is -0.493 e. The molecule has 1 saturated carbocycles. The molecule has 23 heavy (non-hydrogen) atoms. The van der Waals surface area contributed by atoms with E-state index >= 15 is 0 Å². The van der Waals surface area contributed by atoms with Crippen LogP contribution in [0.1, 0.15) is 32.3 Å². The summed E-state index contributed by atoms with van der Waals surface area (Å²) in [6.45, 7) is 2.65. The van der Waals surface area contributed by atoms with E-state index in [1.807, 2.05) is 13.8 Å². The Morgan fingerprint density at radius 1 is 1.30 bits per heavy atom. The van der Waals surface area contributed by atoms with Gasteiger partial charge in [0, 0.05) is 24.7 Å². The van der Waals surface area contributed by atoms with Gasteiger partial charge in [-0.3, -0.25) is 4.90 Å². The number of hydrogen-bond acceptors (Lipinski definition) is 4. The minimum absolute atomic E-state index is 0. The number of benzene rings is 1. The Hall–Kier alpha value is -1.11. The molecule has 2 N–H and O–H groups in total. The Bertz CT molecular complexity index is 505. The van der Waals surface area contributed by atoms with Gasteiger partial charge in [-0.2, -0.15) is 8.78 Å². The van der Waals surface area contributed by atoms with E-state index in [-0.39, 0.29) is 23.7 Å². The number of nitrogens with two attached hydrogens (primary N) is 1. The van der Waals surface area contributed by atoms with Crippen LogP contribution in [0.3, 0.4) is 0 Å². The first-order valence-corrected chi connectivity index (χ1v) is 7.43. The lowest BCUT2D eigenvalue weighted by atomic mass is 10.1. The zero-order chi connectivity index (χ0) is 16.3. The predicted octanol–water partition coefficient (Wildman–Crippen LogP) is 3.42. The molecular weight excluding hydrogens is 326 g/mol. The van der Waals surface area contributed by atoms with Gasteiger partial charge in [-0.1, -0.05) is 6.07 Å². The van der Waals surface area contributed by atoms with E-state index in [9.17, 15) is 8.78 Å². The van der Waals surface area contributed by atoms with Gasteiger partial charge in [-0.05, 0) is 44.4 Å². The second kappa shape index (κ2) is 8.13. The Morgan fingerprint density at radius 2 is 1.96 bits per heavy atom. The first-order chi connectivity index (χ1) is 10.3.